The van der Waals surface area contributed by atoms with Gasteiger partial charge in [0.1, 0.15) is 5.82 Å². The molecule has 1 fully saturated rings. The molecule has 1 aliphatic heterocycles. The molecule has 6 heteroatoms. The summed E-state index contributed by atoms with van der Waals surface area (Å²) < 4.78 is 26.3. The highest BCUT2D eigenvalue weighted by atomic mass is 32.2. The standard InChI is InChI=1S/C16H27N3O2S/c1-3-5-12-22(20,21)18-16-10-9-15(13-17-16)19-11-7-6-8-14(19)4-2/h9-10,13-14H,3-8,11-12H2,1-2H3,(H,17,18). The number of nitrogens with one attached hydrogen (secondary N) is 1. The van der Waals surface area contributed by atoms with Gasteiger partial charge in [0.05, 0.1) is 17.6 Å². The van der Waals surface area contributed by atoms with Crippen molar-refractivity contribution in [1.82, 2.24) is 4.98 Å². The van der Waals surface area contributed by atoms with Gasteiger partial charge in [0.2, 0.25) is 10.0 Å². The fourth-order valence-electron chi connectivity index (χ4n) is 2.93. The Morgan fingerprint density at radius 3 is 2.77 bits per heavy atom. The maximum absolute atomic E-state index is 11.9. The number of sulfonamides is 1. The Morgan fingerprint density at radius 1 is 1.32 bits per heavy atom. The quantitative estimate of drug-likeness (QED) is 0.834. The van der Waals surface area contributed by atoms with E-state index in [9.17, 15) is 8.42 Å². The van der Waals surface area contributed by atoms with Crippen LogP contribution in [0.2, 0.25) is 0 Å². The first kappa shape index (κ1) is 17.1. The number of unbranched alkanes of at least 4 members (excludes halogenated alkanes) is 1. The van der Waals surface area contributed by atoms with E-state index in [1.54, 1.807) is 12.3 Å². The van der Waals surface area contributed by atoms with Crippen molar-refractivity contribution in [3.05, 3.63) is 18.3 Å². The molecular weight excluding hydrogens is 298 g/mol. The Hall–Kier alpha value is -1.30. The van der Waals surface area contributed by atoms with E-state index in [4.69, 9.17) is 0 Å². The van der Waals surface area contributed by atoms with Crippen LogP contribution in [-0.2, 0) is 10.0 Å². The number of rotatable bonds is 7. The van der Waals surface area contributed by atoms with E-state index >= 15 is 0 Å². The van der Waals surface area contributed by atoms with Crippen molar-refractivity contribution in [2.45, 2.75) is 58.4 Å². The normalized spacial score (nSPS) is 19.2. The summed E-state index contributed by atoms with van der Waals surface area (Å²) in [5, 5.41) is 0. The Bertz CT molecular complexity index is 557. The molecule has 22 heavy (non-hydrogen) atoms. The Balaban J connectivity index is 2.03. The molecule has 0 amide bonds. The van der Waals surface area contributed by atoms with Gasteiger partial charge in [-0.2, -0.15) is 0 Å². The minimum Gasteiger partial charge on any atom is -0.367 e. The molecule has 5 nitrogen and oxygen atoms in total. The van der Waals surface area contributed by atoms with Gasteiger partial charge in [-0.15, -0.1) is 0 Å². The van der Waals surface area contributed by atoms with Crippen molar-refractivity contribution in [2.75, 3.05) is 21.9 Å². The molecule has 1 saturated heterocycles. The highest BCUT2D eigenvalue weighted by Gasteiger charge is 2.21. The van der Waals surface area contributed by atoms with Crippen molar-refractivity contribution in [2.24, 2.45) is 0 Å². The van der Waals surface area contributed by atoms with Gasteiger partial charge < -0.3 is 4.90 Å². The summed E-state index contributed by atoms with van der Waals surface area (Å²) >= 11 is 0. The lowest BCUT2D eigenvalue weighted by Gasteiger charge is -2.37. The minimum atomic E-state index is -3.28. The molecule has 1 N–H and O–H groups in total. The summed E-state index contributed by atoms with van der Waals surface area (Å²) in [5.41, 5.74) is 1.09. The second kappa shape index (κ2) is 7.81. The van der Waals surface area contributed by atoms with Gasteiger partial charge in [0.15, 0.2) is 0 Å². The molecule has 0 aliphatic carbocycles. The Morgan fingerprint density at radius 2 is 2.14 bits per heavy atom. The average molecular weight is 325 g/mol. The number of pyridine rings is 1. The minimum absolute atomic E-state index is 0.150. The van der Waals surface area contributed by atoms with Crippen molar-refractivity contribution < 1.29 is 8.42 Å². The zero-order chi connectivity index (χ0) is 16.0. The highest BCUT2D eigenvalue weighted by Crippen LogP contribution is 2.26. The fourth-order valence-corrected chi connectivity index (χ4v) is 4.14. The molecule has 124 valence electrons. The van der Waals surface area contributed by atoms with Crippen LogP contribution in [-0.4, -0.2) is 31.7 Å². The van der Waals surface area contributed by atoms with Crippen LogP contribution in [0.4, 0.5) is 11.5 Å². The molecule has 1 aliphatic rings. The van der Waals surface area contributed by atoms with E-state index in [-0.39, 0.29) is 5.75 Å². The number of piperidine rings is 1. The van der Waals surface area contributed by atoms with E-state index < -0.39 is 10.0 Å². The van der Waals surface area contributed by atoms with Crippen LogP contribution in [0.3, 0.4) is 0 Å². The molecule has 1 aromatic rings. The second-order valence-electron chi connectivity index (χ2n) is 5.93. The molecule has 1 aromatic heterocycles. The first-order valence-electron chi connectivity index (χ1n) is 8.29. The Kier molecular flexibility index (Phi) is 6.06. The zero-order valence-electron chi connectivity index (χ0n) is 13.6. The lowest BCUT2D eigenvalue weighted by atomic mass is 9.99. The first-order chi connectivity index (χ1) is 10.6. The number of anilines is 2. The third-order valence-electron chi connectivity index (χ3n) is 4.20. The van der Waals surface area contributed by atoms with Gasteiger partial charge in [-0.1, -0.05) is 20.3 Å². The fraction of sp³-hybridized carbons (Fsp3) is 0.688. The molecule has 2 rings (SSSR count). The van der Waals surface area contributed by atoms with Crippen LogP contribution >= 0.6 is 0 Å². The zero-order valence-corrected chi connectivity index (χ0v) is 14.4. The molecule has 1 unspecified atom stereocenters. The van der Waals surface area contributed by atoms with Crippen molar-refractivity contribution in [3.63, 3.8) is 0 Å². The average Bonchev–Trinajstić information content (AvgIpc) is 2.53. The van der Waals surface area contributed by atoms with Crippen LogP contribution in [0.15, 0.2) is 18.3 Å². The van der Waals surface area contributed by atoms with Gasteiger partial charge in [0.25, 0.3) is 0 Å². The third-order valence-corrected chi connectivity index (χ3v) is 5.55. The SMILES string of the molecule is CCCCS(=O)(=O)Nc1ccc(N2CCCCC2CC)cn1. The predicted molar refractivity (Wildman–Crippen MR) is 91.8 cm³/mol. The lowest BCUT2D eigenvalue weighted by molar-refractivity contribution is 0.449. The third kappa shape index (κ3) is 4.60. The topological polar surface area (TPSA) is 62.3 Å². The molecule has 0 saturated carbocycles. The van der Waals surface area contributed by atoms with Gasteiger partial charge in [-0.05, 0) is 44.2 Å². The maximum atomic E-state index is 11.9. The molecule has 0 aromatic carbocycles. The summed E-state index contributed by atoms with van der Waals surface area (Å²) in [6.45, 7) is 5.25. The van der Waals surface area contributed by atoms with Crippen molar-refractivity contribution in [3.8, 4) is 0 Å². The van der Waals surface area contributed by atoms with Gasteiger partial charge in [-0.3, -0.25) is 4.72 Å². The molecule has 0 bridgehead atoms. The van der Waals surface area contributed by atoms with Crippen LogP contribution in [0.25, 0.3) is 0 Å². The van der Waals surface area contributed by atoms with Crippen molar-refractivity contribution in [1.29, 1.82) is 0 Å². The first-order valence-corrected chi connectivity index (χ1v) is 9.94. The summed E-state index contributed by atoms with van der Waals surface area (Å²) in [6.07, 6.45) is 8.17. The largest absolute Gasteiger partial charge is 0.367 e. The number of hydrogen-bond donors (Lipinski definition) is 1. The molecule has 2 heterocycles. The van der Waals surface area contributed by atoms with Crippen LogP contribution in [0, 0.1) is 0 Å². The summed E-state index contributed by atoms with van der Waals surface area (Å²) in [5.74, 6) is 0.557. The molecule has 1 atom stereocenters. The van der Waals surface area contributed by atoms with E-state index in [1.807, 2.05) is 13.0 Å². The van der Waals surface area contributed by atoms with E-state index in [1.165, 1.54) is 19.3 Å². The Labute approximate surface area is 134 Å². The van der Waals surface area contributed by atoms with Crippen molar-refractivity contribution >= 4 is 21.5 Å². The van der Waals surface area contributed by atoms with Gasteiger partial charge in [0, 0.05) is 12.6 Å². The number of aromatic nitrogens is 1. The smallest absolute Gasteiger partial charge is 0.233 e. The van der Waals surface area contributed by atoms with Gasteiger partial charge in [-0.25, -0.2) is 13.4 Å². The van der Waals surface area contributed by atoms with Crippen LogP contribution < -0.4 is 9.62 Å². The lowest BCUT2D eigenvalue weighted by Crippen LogP contribution is -2.39. The highest BCUT2D eigenvalue weighted by molar-refractivity contribution is 7.92. The van der Waals surface area contributed by atoms with Crippen LogP contribution in [0.1, 0.15) is 52.4 Å². The predicted octanol–water partition coefficient (Wildman–Crippen LogP) is 3.39. The summed E-state index contributed by atoms with van der Waals surface area (Å²) in [4.78, 5) is 6.68. The van der Waals surface area contributed by atoms with Crippen LogP contribution in [0.5, 0.6) is 0 Å². The second-order valence-corrected chi connectivity index (χ2v) is 7.77. The molecular formula is C16H27N3O2S. The van der Waals surface area contributed by atoms with E-state index in [2.05, 4.69) is 21.5 Å². The monoisotopic (exact) mass is 325 g/mol. The summed E-state index contributed by atoms with van der Waals surface area (Å²) in [6, 6.07) is 4.31. The van der Waals surface area contributed by atoms with Gasteiger partial charge >= 0.3 is 0 Å². The van der Waals surface area contributed by atoms with E-state index in [0.717, 1.165) is 25.1 Å². The number of hydrogen-bond acceptors (Lipinski definition) is 4. The molecule has 0 radical (unpaired) electrons. The molecule has 0 spiro atoms. The van der Waals surface area contributed by atoms with E-state index in [0.29, 0.717) is 18.3 Å². The maximum Gasteiger partial charge on any atom is 0.233 e. The number of nitrogens with zero attached hydrogens (tertiary/aromatic N) is 2. The summed E-state index contributed by atoms with van der Waals surface area (Å²) in [7, 11) is -3.28.